The van der Waals surface area contributed by atoms with Crippen LogP contribution in [0.2, 0.25) is 10.0 Å². The SMILES string of the molecule is CCCOc1cccc(/C(O)=C2\C(=O)C(=O)N(c3ccc(Cl)c(Cl)c3)C2c2cccc(C)c2)c1. The summed E-state index contributed by atoms with van der Waals surface area (Å²) in [5.41, 5.74) is 2.42. The van der Waals surface area contributed by atoms with Crippen LogP contribution < -0.4 is 9.64 Å². The third-order valence-electron chi connectivity index (χ3n) is 5.56. The Labute approximate surface area is 208 Å². The lowest BCUT2D eigenvalue weighted by Crippen LogP contribution is -2.29. The first-order valence-electron chi connectivity index (χ1n) is 10.9. The van der Waals surface area contributed by atoms with Gasteiger partial charge in [-0.3, -0.25) is 14.5 Å². The van der Waals surface area contributed by atoms with E-state index in [1.807, 2.05) is 38.1 Å². The molecule has 1 heterocycles. The number of anilines is 1. The van der Waals surface area contributed by atoms with Crippen molar-refractivity contribution in [2.75, 3.05) is 11.5 Å². The van der Waals surface area contributed by atoms with Gasteiger partial charge in [-0.15, -0.1) is 0 Å². The maximum atomic E-state index is 13.3. The molecule has 0 spiro atoms. The Morgan fingerprint density at radius 3 is 2.47 bits per heavy atom. The van der Waals surface area contributed by atoms with Crippen molar-refractivity contribution in [1.82, 2.24) is 0 Å². The third kappa shape index (κ3) is 4.54. The molecule has 5 nitrogen and oxygen atoms in total. The van der Waals surface area contributed by atoms with Gasteiger partial charge in [-0.25, -0.2) is 0 Å². The number of carbonyl (C=O) groups excluding carboxylic acids is 2. The first-order chi connectivity index (χ1) is 16.3. The number of aryl methyl sites for hydroxylation is 1. The first kappa shape index (κ1) is 23.9. The molecule has 3 aromatic rings. The van der Waals surface area contributed by atoms with E-state index in [2.05, 4.69) is 0 Å². The molecular formula is C27H23Cl2NO4. The van der Waals surface area contributed by atoms with Gasteiger partial charge in [0.15, 0.2) is 0 Å². The molecule has 3 aromatic carbocycles. The number of halogens is 2. The summed E-state index contributed by atoms with van der Waals surface area (Å²) in [5.74, 6) is -1.24. The third-order valence-corrected chi connectivity index (χ3v) is 6.30. The highest BCUT2D eigenvalue weighted by Gasteiger charge is 2.47. The molecule has 7 heteroatoms. The molecule has 4 rings (SSSR count). The predicted molar refractivity (Wildman–Crippen MR) is 135 cm³/mol. The molecule has 1 N–H and O–H groups in total. The van der Waals surface area contributed by atoms with Crippen LogP contribution in [-0.4, -0.2) is 23.4 Å². The zero-order valence-electron chi connectivity index (χ0n) is 18.7. The molecule has 1 saturated heterocycles. The fourth-order valence-electron chi connectivity index (χ4n) is 4.00. The highest BCUT2D eigenvalue weighted by atomic mass is 35.5. The van der Waals surface area contributed by atoms with Crippen molar-refractivity contribution in [2.24, 2.45) is 0 Å². The second-order valence-electron chi connectivity index (χ2n) is 8.06. The monoisotopic (exact) mass is 495 g/mol. The van der Waals surface area contributed by atoms with E-state index in [4.69, 9.17) is 27.9 Å². The van der Waals surface area contributed by atoms with Crippen molar-refractivity contribution in [3.8, 4) is 5.75 Å². The Kier molecular flexibility index (Phi) is 6.96. The maximum absolute atomic E-state index is 13.3. The van der Waals surface area contributed by atoms with Gasteiger partial charge >= 0.3 is 0 Å². The van der Waals surface area contributed by atoms with E-state index in [1.54, 1.807) is 36.4 Å². The summed E-state index contributed by atoms with van der Waals surface area (Å²) in [6, 6.07) is 18.2. The second-order valence-corrected chi connectivity index (χ2v) is 8.87. The fourth-order valence-corrected chi connectivity index (χ4v) is 4.29. The van der Waals surface area contributed by atoms with E-state index >= 15 is 0 Å². The number of Topliss-reactive ketones (excluding diaryl/α,β-unsaturated/α-hetero) is 1. The van der Waals surface area contributed by atoms with Crippen LogP contribution in [0, 0.1) is 6.92 Å². The summed E-state index contributed by atoms with van der Waals surface area (Å²) in [7, 11) is 0. The molecule has 0 radical (unpaired) electrons. The first-order valence-corrected chi connectivity index (χ1v) is 11.6. The van der Waals surface area contributed by atoms with Gasteiger partial charge in [0.25, 0.3) is 11.7 Å². The van der Waals surface area contributed by atoms with Crippen molar-refractivity contribution in [3.63, 3.8) is 0 Å². The Morgan fingerprint density at radius 2 is 1.76 bits per heavy atom. The number of amides is 1. The molecule has 1 atom stereocenters. The minimum atomic E-state index is -0.850. The van der Waals surface area contributed by atoms with Gasteiger partial charge in [0, 0.05) is 11.3 Å². The number of hydrogen-bond donors (Lipinski definition) is 1. The lowest BCUT2D eigenvalue weighted by Gasteiger charge is -2.26. The Hall–Kier alpha value is -3.28. The van der Waals surface area contributed by atoms with Crippen LogP contribution in [0.5, 0.6) is 5.75 Å². The van der Waals surface area contributed by atoms with Crippen molar-refractivity contribution in [1.29, 1.82) is 0 Å². The maximum Gasteiger partial charge on any atom is 0.300 e. The molecule has 1 amide bonds. The molecule has 0 aliphatic carbocycles. The standard InChI is InChI=1S/C27H23Cl2NO4/c1-3-12-34-20-9-5-8-18(14-20)25(31)23-24(17-7-4-6-16(2)13-17)30(27(33)26(23)32)19-10-11-21(28)22(29)15-19/h4-11,13-15,24,31H,3,12H2,1-2H3/b25-23+. The molecule has 1 aliphatic rings. The van der Waals surface area contributed by atoms with Gasteiger partial charge < -0.3 is 9.84 Å². The molecule has 1 aliphatic heterocycles. The number of rotatable bonds is 6. The molecule has 174 valence electrons. The van der Waals surface area contributed by atoms with Crippen LogP contribution in [0.3, 0.4) is 0 Å². The smallest absolute Gasteiger partial charge is 0.300 e. The quantitative estimate of drug-likeness (QED) is 0.234. The molecular weight excluding hydrogens is 473 g/mol. The van der Waals surface area contributed by atoms with Crippen molar-refractivity contribution in [2.45, 2.75) is 26.3 Å². The van der Waals surface area contributed by atoms with E-state index in [-0.39, 0.29) is 16.4 Å². The van der Waals surface area contributed by atoms with Crippen molar-refractivity contribution in [3.05, 3.63) is 99.0 Å². The summed E-state index contributed by atoms with van der Waals surface area (Å²) in [4.78, 5) is 27.9. The molecule has 0 bridgehead atoms. The van der Waals surface area contributed by atoms with Crippen LogP contribution in [0.15, 0.2) is 72.3 Å². The number of nitrogens with zero attached hydrogens (tertiary/aromatic N) is 1. The van der Waals surface area contributed by atoms with Gasteiger partial charge in [0.1, 0.15) is 11.5 Å². The summed E-state index contributed by atoms with van der Waals surface area (Å²) in [5, 5.41) is 11.9. The van der Waals surface area contributed by atoms with Gasteiger partial charge in [-0.05, 0) is 49.2 Å². The topological polar surface area (TPSA) is 66.8 Å². The van der Waals surface area contributed by atoms with Crippen LogP contribution in [-0.2, 0) is 9.59 Å². The number of ketones is 1. The van der Waals surface area contributed by atoms with Crippen molar-refractivity contribution >= 4 is 46.3 Å². The Balaban J connectivity index is 1.91. The van der Waals surface area contributed by atoms with Gasteiger partial charge in [0.2, 0.25) is 0 Å². The molecule has 0 aromatic heterocycles. The predicted octanol–water partition coefficient (Wildman–Crippen LogP) is 6.72. The summed E-state index contributed by atoms with van der Waals surface area (Å²) < 4.78 is 5.68. The number of aliphatic hydroxyl groups is 1. The number of aliphatic hydroxyl groups excluding tert-OH is 1. The van der Waals surface area contributed by atoms with E-state index < -0.39 is 17.7 Å². The van der Waals surface area contributed by atoms with Gasteiger partial charge in [-0.2, -0.15) is 0 Å². The molecule has 34 heavy (non-hydrogen) atoms. The number of ether oxygens (including phenoxy) is 1. The van der Waals surface area contributed by atoms with E-state index in [9.17, 15) is 14.7 Å². The summed E-state index contributed by atoms with van der Waals surface area (Å²) >= 11 is 12.3. The summed E-state index contributed by atoms with van der Waals surface area (Å²) in [6.07, 6.45) is 0.832. The molecule has 0 saturated carbocycles. The lowest BCUT2D eigenvalue weighted by molar-refractivity contribution is -0.132. The molecule has 1 unspecified atom stereocenters. The van der Waals surface area contributed by atoms with E-state index in [1.165, 1.54) is 11.0 Å². The minimum absolute atomic E-state index is 0.00526. The molecule has 1 fully saturated rings. The van der Waals surface area contributed by atoms with Crippen LogP contribution in [0.4, 0.5) is 5.69 Å². The Morgan fingerprint density at radius 1 is 1.00 bits per heavy atom. The van der Waals surface area contributed by atoms with Crippen LogP contribution in [0.1, 0.15) is 36.1 Å². The largest absolute Gasteiger partial charge is 0.507 e. The van der Waals surface area contributed by atoms with Gasteiger partial charge in [-0.1, -0.05) is 72.1 Å². The highest BCUT2D eigenvalue weighted by Crippen LogP contribution is 2.43. The van der Waals surface area contributed by atoms with Gasteiger partial charge in [0.05, 0.1) is 28.3 Å². The van der Waals surface area contributed by atoms with E-state index in [0.29, 0.717) is 34.2 Å². The highest BCUT2D eigenvalue weighted by molar-refractivity contribution is 6.52. The Bertz CT molecular complexity index is 1300. The van der Waals surface area contributed by atoms with E-state index in [0.717, 1.165) is 12.0 Å². The van der Waals surface area contributed by atoms with Crippen LogP contribution in [0.25, 0.3) is 5.76 Å². The minimum Gasteiger partial charge on any atom is -0.507 e. The average molecular weight is 496 g/mol. The van der Waals surface area contributed by atoms with Crippen LogP contribution >= 0.6 is 23.2 Å². The number of carbonyl (C=O) groups is 2. The second kappa shape index (κ2) is 9.92. The number of benzene rings is 3. The normalized spacial score (nSPS) is 17.3. The lowest BCUT2D eigenvalue weighted by atomic mass is 9.94. The average Bonchev–Trinajstić information content (AvgIpc) is 3.09. The number of hydrogen-bond acceptors (Lipinski definition) is 4. The summed E-state index contributed by atoms with van der Waals surface area (Å²) in [6.45, 7) is 4.44. The fraction of sp³-hybridized carbons (Fsp3) is 0.185. The zero-order chi connectivity index (χ0) is 24.4. The van der Waals surface area contributed by atoms with Crippen molar-refractivity contribution < 1.29 is 19.4 Å². The zero-order valence-corrected chi connectivity index (χ0v) is 20.2.